The molecule has 0 aromatic carbocycles. The number of nitrogens with one attached hydrogen (secondary N) is 1. The minimum absolute atomic E-state index is 0.126. The van der Waals surface area contributed by atoms with Crippen LogP contribution in [0.1, 0.15) is 38.5 Å². The van der Waals surface area contributed by atoms with Gasteiger partial charge in [0.2, 0.25) is 6.41 Å². The van der Waals surface area contributed by atoms with Crippen LogP contribution in [0.15, 0.2) is 18.3 Å². The highest BCUT2D eigenvalue weighted by Crippen LogP contribution is 2.57. The van der Waals surface area contributed by atoms with Gasteiger partial charge in [-0.25, -0.2) is 0 Å². The normalized spacial score (nSPS) is 41.0. The van der Waals surface area contributed by atoms with Gasteiger partial charge in [-0.3, -0.25) is 9.69 Å². The van der Waals surface area contributed by atoms with Crippen molar-refractivity contribution in [3.8, 4) is 0 Å². The van der Waals surface area contributed by atoms with Gasteiger partial charge < -0.3 is 4.98 Å². The summed E-state index contributed by atoms with van der Waals surface area (Å²) in [6, 6.07) is 4.00. The topological polar surface area (TPSA) is 36.1 Å². The third kappa shape index (κ3) is 1.39. The Balaban J connectivity index is 1.72. The van der Waals surface area contributed by atoms with Crippen LogP contribution in [0.25, 0.3) is 0 Å². The first-order valence-electron chi connectivity index (χ1n) is 7.17. The largest absolute Gasteiger partial charge is 0.348 e. The summed E-state index contributed by atoms with van der Waals surface area (Å²) in [4.78, 5) is 16.8. The smallest absolute Gasteiger partial charge is 0.215 e. The Labute approximate surface area is 108 Å². The molecule has 4 aliphatic carbocycles. The van der Waals surface area contributed by atoms with Crippen molar-refractivity contribution in [2.24, 2.45) is 17.8 Å². The molecule has 4 fully saturated rings. The zero-order chi connectivity index (χ0) is 12.2. The molecule has 0 saturated heterocycles. The lowest BCUT2D eigenvalue weighted by molar-refractivity contribution is -0.110. The number of rotatable bonds is 3. The van der Waals surface area contributed by atoms with Crippen LogP contribution in [0.3, 0.4) is 0 Å². The summed E-state index contributed by atoms with van der Waals surface area (Å²) in [7, 11) is 0. The molecule has 3 nitrogen and oxygen atoms in total. The van der Waals surface area contributed by atoms with Crippen molar-refractivity contribution in [3.05, 3.63) is 18.3 Å². The molecule has 0 aliphatic heterocycles. The molecule has 5 rings (SSSR count). The summed E-state index contributed by atoms with van der Waals surface area (Å²) in [5.74, 6) is 3.59. The quantitative estimate of drug-likeness (QED) is 0.815. The first-order chi connectivity index (χ1) is 8.79. The van der Waals surface area contributed by atoms with Crippen molar-refractivity contribution in [1.29, 1.82) is 0 Å². The van der Waals surface area contributed by atoms with E-state index in [4.69, 9.17) is 0 Å². The average molecular weight is 244 g/mol. The second-order valence-electron chi connectivity index (χ2n) is 6.67. The molecule has 3 heteroatoms. The number of hydrogen-bond donors (Lipinski definition) is 1. The lowest BCUT2D eigenvalue weighted by Gasteiger charge is -2.59. The second kappa shape index (κ2) is 3.62. The highest BCUT2D eigenvalue weighted by atomic mass is 16.1. The Morgan fingerprint density at radius 2 is 1.78 bits per heavy atom. The molecule has 4 aliphatic rings. The van der Waals surface area contributed by atoms with Gasteiger partial charge in [0.05, 0.1) is 0 Å². The van der Waals surface area contributed by atoms with E-state index in [1.165, 1.54) is 38.5 Å². The first kappa shape index (κ1) is 10.7. The molecular weight excluding hydrogens is 224 g/mol. The van der Waals surface area contributed by atoms with Gasteiger partial charge in [-0.1, -0.05) is 0 Å². The van der Waals surface area contributed by atoms with Crippen LogP contribution in [0, 0.1) is 17.8 Å². The van der Waals surface area contributed by atoms with Gasteiger partial charge in [-0.15, -0.1) is 0 Å². The summed E-state index contributed by atoms with van der Waals surface area (Å²) in [6.45, 7) is 0. The first-order valence-corrected chi connectivity index (χ1v) is 7.17. The molecule has 0 spiro atoms. The third-order valence-electron chi connectivity index (χ3n) is 5.46. The van der Waals surface area contributed by atoms with E-state index in [2.05, 4.69) is 4.98 Å². The van der Waals surface area contributed by atoms with Gasteiger partial charge in [0, 0.05) is 11.7 Å². The lowest BCUT2D eigenvalue weighted by atomic mass is 9.52. The van der Waals surface area contributed by atoms with E-state index in [-0.39, 0.29) is 5.54 Å². The van der Waals surface area contributed by atoms with Crippen molar-refractivity contribution in [2.75, 3.05) is 4.90 Å². The molecule has 1 aromatic rings. The van der Waals surface area contributed by atoms with Gasteiger partial charge in [-0.05, 0) is 68.4 Å². The van der Waals surface area contributed by atoms with E-state index in [0.29, 0.717) is 0 Å². The fourth-order valence-corrected chi connectivity index (χ4v) is 5.25. The fourth-order valence-electron chi connectivity index (χ4n) is 5.25. The van der Waals surface area contributed by atoms with Crippen LogP contribution < -0.4 is 4.90 Å². The van der Waals surface area contributed by atoms with Crippen molar-refractivity contribution in [2.45, 2.75) is 44.1 Å². The summed E-state index contributed by atoms with van der Waals surface area (Å²) in [6.07, 6.45) is 10.9. The van der Waals surface area contributed by atoms with E-state index in [0.717, 1.165) is 30.0 Å². The maximum atomic E-state index is 11.6. The van der Waals surface area contributed by atoms with Crippen LogP contribution in [-0.2, 0) is 4.79 Å². The Morgan fingerprint density at radius 1 is 1.17 bits per heavy atom. The van der Waals surface area contributed by atoms with Crippen LogP contribution in [0.2, 0.25) is 0 Å². The van der Waals surface area contributed by atoms with E-state index in [1.807, 2.05) is 23.2 Å². The molecule has 1 aromatic heterocycles. The fraction of sp³-hybridized carbons (Fsp3) is 0.667. The number of anilines is 1. The highest BCUT2D eigenvalue weighted by molar-refractivity contribution is 5.75. The van der Waals surface area contributed by atoms with Gasteiger partial charge in [-0.2, -0.15) is 0 Å². The highest BCUT2D eigenvalue weighted by Gasteiger charge is 2.53. The Morgan fingerprint density at radius 3 is 2.22 bits per heavy atom. The number of carbonyl (C=O) groups excluding carboxylic acids is 1. The van der Waals surface area contributed by atoms with E-state index in [1.54, 1.807) is 0 Å². The number of aromatic nitrogens is 1. The third-order valence-corrected chi connectivity index (χ3v) is 5.46. The summed E-state index contributed by atoms with van der Waals surface area (Å²) < 4.78 is 0. The van der Waals surface area contributed by atoms with Gasteiger partial charge in [0.15, 0.2) is 0 Å². The summed E-state index contributed by atoms with van der Waals surface area (Å²) >= 11 is 0. The maximum absolute atomic E-state index is 11.6. The molecule has 18 heavy (non-hydrogen) atoms. The van der Waals surface area contributed by atoms with Gasteiger partial charge in [0.25, 0.3) is 0 Å². The maximum Gasteiger partial charge on any atom is 0.215 e. The minimum Gasteiger partial charge on any atom is -0.348 e. The SMILES string of the molecule is O=CN(c1ccc[nH]1)C12CC3CC(CC(C3)C1)C2. The predicted molar refractivity (Wildman–Crippen MR) is 70.2 cm³/mol. The summed E-state index contributed by atoms with van der Waals surface area (Å²) in [5.41, 5.74) is 0.126. The number of H-pyrrole nitrogens is 1. The number of aromatic amines is 1. The number of carbonyl (C=O) groups is 1. The standard InChI is InChI=1S/C15H20N2O/c18-10-17(14-2-1-3-16-14)15-7-11-4-12(8-15)6-13(5-11)9-15/h1-3,10-13,16H,4-9H2. The van der Waals surface area contributed by atoms with Crippen LogP contribution in [0.5, 0.6) is 0 Å². The molecule has 0 unspecified atom stereocenters. The zero-order valence-electron chi connectivity index (χ0n) is 10.6. The Kier molecular flexibility index (Phi) is 2.14. The minimum atomic E-state index is 0.126. The number of nitrogens with zero attached hydrogens (tertiary/aromatic N) is 1. The van der Waals surface area contributed by atoms with Gasteiger partial charge in [0.1, 0.15) is 5.82 Å². The Hall–Kier alpha value is -1.25. The van der Waals surface area contributed by atoms with Crippen molar-refractivity contribution in [3.63, 3.8) is 0 Å². The molecule has 1 heterocycles. The molecule has 4 bridgehead atoms. The monoisotopic (exact) mass is 244 g/mol. The predicted octanol–water partition coefficient (Wildman–Crippen LogP) is 2.95. The second-order valence-corrected chi connectivity index (χ2v) is 6.67. The Bertz CT molecular complexity index is 416. The van der Waals surface area contributed by atoms with Crippen molar-refractivity contribution >= 4 is 12.2 Å². The van der Waals surface area contributed by atoms with Gasteiger partial charge >= 0.3 is 0 Å². The molecule has 96 valence electrons. The molecule has 4 saturated carbocycles. The number of hydrogen-bond acceptors (Lipinski definition) is 1. The lowest BCUT2D eigenvalue weighted by Crippen LogP contribution is -2.60. The number of amides is 1. The van der Waals surface area contributed by atoms with E-state index in [9.17, 15) is 4.79 Å². The van der Waals surface area contributed by atoms with E-state index < -0.39 is 0 Å². The van der Waals surface area contributed by atoms with Crippen LogP contribution in [-0.4, -0.2) is 16.9 Å². The van der Waals surface area contributed by atoms with Crippen molar-refractivity contribution < 1.29 is 4.79 Å². The molecule has 1 N–H and O–H groups in total. The molecule has 0 atom stereocenters. The van der Waals surface area contributed by atoms with E-state index >= 15 is 0 Å². The molecule has 1 amide bonds. The average Bonchev–Trinajstić information content (AvgIpc) is 2.81. The van der Waals surface area contributed by atoms with Crippen LogP contribution >= 0.6 is 0 Å². The van der Waals surface area contributed by atoms with Crippen molar-refractivity contribution in [1.82, 2.24) is 4.98 Å². The molecular formula is C15H20N2O. The molecule has 0 radical (unpaired) electrons. The van der Waals surface area contributed by atoms with Crippen LogP contribution in [0.4, 0.5) is 5.82 Å². The zero-order valence-corrected chi connectivity index (χ0v) is 10.6. The summed E-state index contributed by atoms with van der Waals surface area (Å²) in [5, 5.41) is 0.